The molecule has 0 aromatic heterocycles. The van der Waals surface area contributed by atoms with Crippen LogP contribution in [0.5, 0.6) is 0 Å². The Bertz CT molecular complexity index is 846. The van der Waals surface area contributed by atoms with Gasteiger partial charge in [-0.2, -0.15) is 0 Å². The van der Waals surface area contributed by atoms with Crippen molar-refractivity contribution in [2.75, 3.05) is 13.1 Å². The van der Waals surface area contributed by atoms with Gasteiger partial charge in [0.05, 0.1) is 30.4 Å². The Kier molecular flexibility index (Phi) is 9.34. The molecule has 1 saturated heterocycles. The summed E-state index contributed by atoms with van der Waals surface area (Å²) in [4.78, 5) is 7.99. The Hall–Kier alpha value is -2.36. The minimum atomic E-state index is -1.25. The second-order valence-corrected chi connectivity index (χ2v) is 8.86. The van der Waals surface area contributed by atoms with Crippen molar-refractivity contribution in [1.82, 2.24) is 4.90 Å². The van der Waals surface area contributed by atoms with Crippen LogP contribution in [0.2, 0.25) is 0 Å². The van der Waals surface area contributed by atoms with Gasteiger partial charge in [-0.05, 0) is 48.4 Å². The standard InChI is InChI=1S/C22H33N7O4/c1-3-29(12-15-7-5-4-6-8-15)13-16-9-10-17(25-27-23)22(32-16)33-21-14(2)11-18(26-28-24)19(30)20(21)31/h4-8,14,16-22,30-31H,3,9-13H2,1-2H3/t14-,16-,17?,18?,19-,20+,21+,22+/m0/s1. The van der Waals surface area contributed by atoms with Gasteiger partial charge in [0.2, 0.25) is 0 Å². The van der Waals surface area contributed by atoms with Crippen LogP contribution in [0.4, 0.5) is 0 Å². The number of ether oxygens (including phenoxy) is 2. The third kappa shape index (κ3) is 6.59. The van der Waals surface area contributed by atoms with Gasteiger partial charge in [0.15, 0.2) is 6.29 Å². The molecule has 1 aliphatic carbocycles. The van der Waals surface area contributed by atoms with Gasteiger partial charge >= 0.3 is 0 Å². The monoisotopic (exact) mass is 459 g/mol. The van der Waals surface area contributed by atoms with Crippen LogP contribution in [0.15, 0.2) is 40.6 Å². The van der Waals surface area contributed by atoms with Crippen molar-refractivity contribution in [3.05, 3.63) is 56.8 Å². The third-order valence-electron chi connectivity index (χ3n) is 6.53. The first-order chi connectivity index (χ1) is 16.0. The lowest BCUT2D eigenvalue weighted by atomic mass is 9.80. The summed E-state index contributed by atoms with van der Waals surface area (Å²) in [6.07, 6.45) is -2.48. The highest BCUT2D eigenvalue weighted by Gasteiger charge is 2.45. The van der Waals surface area contributed by atoms with E-state index in [1.54, 1.807) is 0 Å². The fourth-order valence-corrected chi connectivity index (χ4v) is 4.68. The maximum absolute atomic E-state index is 10.6. The lowest BCUT2D eigenvalue weighted by Gasteiger charge is -2.44. The van der Waals surface area contributed by atoms with Crippen LogP contribution in [0.25, 0.3) is 20.9 Å². The molecule has 8 atom stereocenters. The molecule has 11 heteroatoms. The van der Waals surface area contributed by atoms with E-state index in [4.69, 9.17) is 20.5 Å². The van der Waals surface area contributed by atoms with Crippen molar-refractivity contribution in [3.8, 4) is 0 Å². The van der Waals surface area contributed by atoms with Gasteiger partial charge in [-0.3, -0.25) is 4.90 Å². The van der Waals surface area contributed by atoms with Gasteiger partial charge in [-0.1, -0.05) is 54.4 Å². The summed E-state index contributed by atoms with van der Waals surface area (Å²) in [5.41, 5.74) is 18.9. The first-order valence-electron chi connectivity index (χ1n) is 11.5. The molecule has 0 bridgehead atoms. The summed E-state index contributed by atoms with van der Waals surface area (Å²) in [5, 5.41) is 28.5. The third-order valence-corrected chi connectivity index (χ3v) is 6.53. The Morgan fingerprint density at radius 3 is 2.45 bits per heavy atom. The number of likely N-dealkylation sites (N-methyl/N-ethyl adjacent to an activating group) is 1. The summed E-state index contributed by atoms with van der Waals surface area (Å²) < 4.78 is 12.4. The van der Waals surface area contributed by atoms with Crippen molar-refractivity contribution in [1.29, 1.82) is 0 Å². The number of hydrogen-bond donors (Lipinski definition) is 2. The van der Waals surface area contributed by atoms with Crippen molar-refractivity contribution in [3.63, 3.8) is 0 Å². The smallest absolute Gasteiger partial charge is 0.166 e. The molecule has 1 saturated carbocycles. The largest absolute Gasteiger partial charge is 0.390 e. The van der Waals surface area contributed by atoms with Crippen LogP contribution in [-0.4, -0.2) is 71.0 Å². The molecule has 0 radical (unpaired) electrons. The summed E-state index contributed by atoms with van der Waals surface area (Å²) in [6.45, 7) is 6.31. The van der Waals surface area contributed by atoms with Gasteiger partial charge in [0, 0.05) is 22.9 Å². The fraction of sp³-hybridized carbons (Fsp3) is 0.727. The van der Waals surface area contributed by atoms with Gasteiger partial charge in [-0.15, -0.1) is 0 Å². The molecule has 3 rings (SSSR count). The van der Waals surface area contributed by atoms with Crippen molar-refractivity contribution in [2.45, 2.75) is 82.4 Å². The molecular weight excluding hydrogens is 426 g/mol. The predicted molar refractivity (Wildman–Crippen MR) is 122 cm³/mol. The fourth-order valence-electron chi connectivity index (χ4n) is 4.68. The maximum Gasteiger partial charge on any atom is 0.166 e. The normalized spacial score (nSPS) is 34.3. The van der Waals surface area contributed by atoms with Crippen LogP contribution in [0, 0.1) is 5.92 Å². The Morgan fingerprint density at radius 2 is 1.79 bits per heavy atom. The molecule has 2 fully saturated rings. The molecule has 1 aromatic carbocycles. The van der Waals surface area contributed by atoms with Crippen LogP contribution >= 0.6 is 0 Å². The first kappa shape index (κ1) is 25.3. The average molecular weight is 460 g/mol. The van der Waals surface area contributed by atoms with Gasteiger partial charge in [0.1, 0.15) is 6.10 Å². The lowest BCUT2D eigenvalue weighted by molar-refractivity contribution is -0.261. The summed E-state index contributed by atoms with van der Waals surface area (Å²) >= 11 is 0. The zero-order chi connectivity index (χ0) is 23.8. The molecule has 33 heavy (non-hydrogen) atoms. The van der Waals surface area contributed by atoms with Crippen LogP contribution in [0.3, 0.4) is 0 Å². The van der Waals surface area contributed by atoms with E-state index in [1.165, 1.54) is 5.56 Å². The molecule has 0 amide bonds. The lowest BCUT2D eigenvalue weighted by Crippen LogP contribution is -2.56. The highest BCUT2D eigenvalue weighted by molar-refractivity contribution is 5.14. The maximum atomic E-state index is 10.6. The molecule has 2 aliphatic rings. The number of benzene rings is 1. The first-order valence-corrected chi connectivity index (χ1v) is 11.5. The van der Waals surface area contributed by atoms with Gasteiger partial charge < -0.3 is 19.7 Å². The Labute approximate surface area is 193 Å². The molecule has 1 heterocycles. The van der Waals surface area contributed by atoms with Crippen LogP contribution < -0.4 is 0 Å². The minimum absolute atomic E-state index is 0.124. The predicted octanol–water partition coefficient (Wildman–Crippen LogP) is 3.52. The summed E-state index contributed by atoms with van der Waals surface area (Å²) in [5.74, 6) is -0.195. The molecule has 180 valence electrons. The van der Waals surface area contributed by atoms with Crippen LogP contribution in [-0.2, 0) is 16.0 Å². The summed E-state index contributed by atoms with van der Waals surface area (Å²) in [7, 11) is 0. The average Bonchev–Trinajstić information content (AvgIpc) is 2.82. The van der Waals surface area contributed by atoms with Crippen molar-refractivity contribution >= 4 is 0 Å². The van der Waals surface area contributed by atoms with E-state index in [1.807, 2.05) is 25.1 Å². The molecule has 1 aliphatic heterocycles. The second kappa shape index (κ2) is 12.2. The zero-order valence-electron chi connectivity index (χ0n) is 19.1. The van der Waals surface area contributed by atoms with E-state index in [-0.39, 0.29) is 12.0 Å². The Balaban J connectivity index is 1.67. The molecule has 11 nitrogen and oxygen atoms in total. The van der Waals surface area contributed by atoms with Crippen LogP contribution in [0.1, 0.15) is 38.7 Å². The highest BCUT2D eigenvalue weighted by Crippen LogP contribution is 2.33. The van der Waals surface area contributed by atoms with E-state index < -0.39 is 36.7 Å². The van der Waals surface area contributed by atoms with E-state index in [9.17, 15) is 10.2 Å². The number of hydrogen-bond acceptors (Lipinski definition) is 7. The number of aliphatic hydroxyl groups excluding tert-OH is 2. The van der Waals surface area contributed by atoms with Gasteiger partial charge in [0.25, 0.3) is 0 Å². The zero-order valence-corrected chi connectivity index (χ0v) is 19.1. The molecule has 1 aromatic rings. The summed E-state index contributed by atoms with van der Waals surface area (Å²) in [6, 6.07) is 8.97. The molecule has 2 unspecified atom stereocenters. The molecule has 0 spiro atoms. The molecule has 2 N–H and O–H groups in total. The SMILES string of the molecule is CCN(Cc1ccccc1)C[C@@H]1CCC(N=[N+]=[N-])[C@@H](O[C@H]2[C@H](O)[C@@H](O)C(N=[N+]=[N-])C[C@@H]2C)O1. The number of nitrogens with zero attached hydrogens (tertiary/aromatic N) is 7. The van der Waals surface area contributed by atoms with Crippen molar-refractivity contribution in [2.24, 2.45) is 16.1 Å². The topological polar surface area (TPSA) is 160 Å². The van der Waals surface area contributed by atoms with Gasteiger partial charge in [-0.25, -0.2) is 0 Å². The van der Waals surface area contributed by atoms with Crippen molar-refractivity contribution < 1.29 is 19.7 Å². The minimum Gasteiger partial charge on any atom is -0.390 e. The Morgan fingerprint density at radius 1 is 1.09 bits per heavy atom. The number of aliphatic hydroxyl groups is 2. The second-order valence-electron chi connectivity index (χ2n) is 8.86. The number of azide groups is 2. The van der Waals surface area contributed by atoms with E-state index in [2.05, 4.69) is 44.0 Å². The van der Waals surface area contributed by atoms with E-state index in [0.717, 1.165) is 19.5 Å². The quantitative estimate of drug-likeness (QED) is 0.328. The highest BCUT2D eigenvalue weighted by atomic mass is 16.7. The number of rotatable bonds is 9. The van der Waals surface area contributed by atoms with E-state index >= 15 is 0 Å². The molecular formula is C22H33N7O4. The van der Waals surface area contributed by atoms with E-state index in [0.29, 0.717) is 19.4 Å².